The molecule has 4 nitrogen and oxygen atoms in total. The Morgan fingerprint density at radius 3 is 2.46 bits per heavy atom. The summed E-state index contributed by atoms with van der Waals surface area (Å²) in [5.41, 5.74) is 0.291. The van der Waals surface area contributed by atoms with Crippen molar-refractivity contribution in [1.82, 2.24) is 15.5 Å². The van der Waals surface area contributed by atoms with Gasteiger partial charge in [0.1, 0.15) is 11.6 Å². The predicted molar refractivity (Wildman–Crippen MR) is 96.2 cm³/mol. The van der Waals surface area contributed by atoms with E-state index in [-0.39, 0.29) is 6.54 Å². The fourth-order valence-electron chi connectivity index (χ4n) is 2.37. The normalized spacial score (nSPS) is 11.8. The molecular weight excluding hydrogens is 310 g/mol. The van der Waals surface area contributed by atoms with Crippen molar-refractivity contribution in [1.29, 1.82) is 0 Å². The highest BCUT2D eigenvalue weighted by atomic mass is 19.1. The van der Waals surface area contributed by atoms with Crippen molar-refractivity contribution < 1.29 is 8.78 Å². The molecule has 0 aliphatic rings. The first kappa shape index (κ1) is 20.4. The van der Waals surface area contributed by atoms with Crippen LogP contribution in [0.15, 0.2) is 23.2 Å². The lowest BCUT2D eigenvalue weighted by Crippen LogP contribution is -2.37. The molecule has 0 aliphatic heterocycles. The maximum atomic E-state index is 13.6. The van der Waals surface area contributed by atoms with Gasteiger partial charge in [-0.05, 0) is 51.7 Å². The van der Waals surface area contributed by atoms with Gasteiger partial charge in [-0.1, -0.05) is 19.3 Å². The summed E-state index contributed by atoms with van der Waals surface area (Å²) in [6.07, 6.45) is 5.97. The number of halogens is 2. The van der Waals surface area contributed by atoms with E-state index in [2.05, 4.69) is 34.6 Å². The van der Waals surface area contributed by atoms with Crippen molar-refractivity contribution in [2.24, 2.45) is 4.99 Å². The molecule has 0 atom stereocenters. The number of hydrogen-bond acceptors (Lipinski definition) is 2. The molecule has 1 aromatic carbocycles. The third-order valence-corrected chi connectivity index (χ3v) is 3.75. The quantitative estimate of drug-likeness (QED) is 0.390. The SMILES string of the molecule is CN=C(NCCCCCCCN(C)C)NCc1cc(F)ccc1F. The molecule has 6 heteroatoms. The highest BCUT2D eigenvalue weighted by Gasteiger charge is 2.05. The highest BCUT2D eigenvalue weighted by Crippen LogP contribution is 2.09. The summed E-state index contributed by atoms with van der Waals surface area (Å²) >= 11 is 0. The maximum Gasteiger partial charge on any atom is 0.191 e. The second-order valence-electron chi connectivity index (χ2n) is 6.16. The number of aliphatic imine (C=N–C) groups is 1. The average molecular weight is 340 g/mol. The van der Waals surface area contributed by atoms with Crippen molar-refractivity contribution in [3.63, 3.8) is 0 Å². The van der Waals surface area contributed by atoms with E-state index in [9.17, 15) is 8.78 Å². The van der Waals surface area contributed by atoms with Gasteiger partial charge in [0, 0.05) is 25.7 Å². The van der Waals surface area contributed by atoms with E-state index in [1.54, 1.807) is 7.05 Å². The fourth-order valence-corrected chi connectivity index (χ4v) is 2.37. The molecule has 0 unspecified atom stereocenters. The number of hydrogen-bond donors (Lipinski definition) is 2. The minimum atomic E-state index is -0.439. The van der Waals surface area contributed by atoms with Gasteiger partial charge in [-0.25, -0.2) is 8.78 Å². The smallest absolute Gasteiger partial charge is 0.191 e. The van der Waals surface area contributed by atoms with Crippen molar-refractivity contribution >= 4 is 5.96 Å². The number of nitrogens with zero attached hydrogens (tertiary/aromatic N) is 2. The Balaban J connectivity index is 2.16. The number of nitrogens with one attached hydrogen (secondary N) is 2. The predicted octanol–water partition coefficient (Wildman–Crippen LogP) is 3.14. The second kappa shape index (κ2) is 11.8. The molecule has 0 radical (unpaired) electrons. The maximum absolute atomic E-state index is 13.6. The zero-order valence-corrected chi connectivity index (χ0v) is 15.0. The highest BCUT2D eigenvalue weighted by molar-refractivity contribution is 5.79. The van der Waals surface area contributed by atoms with Gasteiger partial charge in [0.15, 0.2) is 5.96 Å². The Morgan fingerprint density at radius 2 is 1.75 bits per heavy atom. The van der Waals surface area contributed by atoms with Crippen LogP contribution in [0.25, 0.3) is 0 Å². The second-order valence-corrected chi connectivity index (χ2v) is 6.16. The third kappa shape index (κ3) is 8.82. The molecule has 0 fully saturated rings. The average Bonchev–Trinajstić information content (AvgIpc) is 2.55. The monoisotopic (exact) mass is 340 g/mol. The van der Waals surface area contributed by atoms with E-state index in [0.717, 1.165) is 31.6 Å². The van der Waals surface area contributed by atoms with Gasteiger partial charge in [0.05, 0.1) is 0 Å². The first-order valence-corrected chi connectivity index (χ1v) is 8.56. The van der Waals surface area contributed by atoms with Crippen LogP contribution in [-0.2, 0) is 6.54 Å². The van der Waals surface area contributed by atoms with E-state index in [0.29, 0.717) is 11.5 Å². The van der Waals surface area contributed by atoms with Gasteiger partial charge in [0.25, 0.3) is 0 Å². The minimum Gasteiger partial charge on any atom is -0.356 e. The van der Waals surface area contributed by atoms with E-state index < -0.39 is 11.6 Å². The number of rotatable bonds is 10. The van der Waals surface area contributed by atoms with Gasteiger partial charge in [0.2, 0.25) is 0 Å². The van der Waals surface area contributed by atoms with Crippen LogP contribution in [0, 0.1) is 11.6 Å². The number of guanidine groups is 1. The Hall–Kier alpha value is -1.69. The molecule has 1 rings (SSSR count). The first-order valence-electron chi connectivity index (χ1n) is 8.56. The molecule has 2 N–H and O–H groups in total. The van der Waals surface area contributed by atoms with Crippen LogP contribution in [0.5, 0.6) is 0 Å². The van der Waals surface area contributed by atoms with Gasteiger partial charge in [-0.3, -0.25) is 4.99 Å². The molecule has 0 heterocycles. The first-order chi connectivity index (χ1) is 11.5. The number of benzene rings is 1. The van der Waals surface area contributed by atoms with Crippen LogP contribution >= 0.6 is 0 Å². The summed E-state index contributed by atoms with van der Waals surface area (Å²) in [5, 5.41) is 6.20. The van der Waals surface area contributed by atoms with Crippen LogP contribution in [0.2, 0.25) is 0 Å². The Kier molecular flexibility index (Phi) is 10.00. The molecule has 0 amide bonds. The third-order valence-electron chi connectivity index (χ3n) is 3.75. The Bertz CT molecular complexity index is 504. The summed E-state index contributed by atoms with van der Waals surface area (Å²) in [6.45, 7) is 2.16. The van der Waals surface area contributed by atoms with E-state index in [1.807, 2.05) is 0 Å². The Morgan fingerprint density at radius 1 is 1.04 bits per heavy atom. The molecule has 0 aromatic heterocycles. The van der Waals surface area contributed by atoms with Gasteiger partial charge in [-0.15, -0.1) is 0 Å². The zero-order valence-electron chi connectivity index (χ0n) is 15.0. The summed E-state index contributed by atoms with van der Waals surface area (Å²) in [4.78, 5) is 6.30. The Labute approximate surface area is 144 Å². The van der Waals surface area contributed by atoms with Gasteiger partial charge >= 0.3 is 0 Å². The molecule has 0 aliphatic carbocycles. The van der Waals surface area contributed by atoms with Crippen LogP contribution in [0.4, 0.5) is 8.78 Å². The summed E-state index contributed by atoms with van der Waals surface area (Å²) < 4.78 is 26.7. The summed E-state index contributed by atoms with van der Waals surface area (Å²) in [6, 6.07) is 3.45. The van der Waals surface area contributed by atoms with Crippen molar-refractivity contribution in [3.8, 4) is 0 Å². The van der Waals surface area contributed by atoms with Crippen LogP contribution < -0.4 is 10.6 Å². The number of unbranched alkanes of at least 4 members (excludes halogenated alkanes) is 4. The van der Waals surface area contributed by atoms with Gasteiger partial charge < -0.3 is 15.5 Å². The topological polar surface area (TPSA) is 39.7 Å². The lowest BCUT2D eigenvalue weighted by atomic mass is 10.1. The molecule has 0 saturated heterocycles. The lowest BCUT2D eigenvalue weighted by Gasteiger charge is -2.12. The molecular formula is C18H30F2N4. The van der Waals surface area contributed by atoms with Crippen LogP contribution in [0.1, 0.15) is 37.7 Å². The summed E-state index contributed by atoms with van der Waals surface area (Å²) in [7, 11) is 5.86. The molecule has 136 valence electrons. The largest absolute Gasteiger partial charge is 0.356 e. The molecule has 1 aromatic rings. The molecule has 0 bridgehead atoms. The minimum absolute atomic E-state index is 0.202. The van der Waals surface area contributed by atoms with E-state index >= 15 is 0 Å². The van der Waals surface area contributed by atoms with Crippen molar-refractivity contribution in [2.45, 2.75) is 38.6 Å². The standard InChI is InChI=1S/C18H30F2N4/c1-21-18(22-11-7-5-4-6-8-12-24(2)3)23-14-15-13-16(19)9-10-17(15)20/h9-10,13H,4-8,11-12,14H2,1-3H3,(H2,21,22,23). The molecule has 0 saturated carbocycles. The van der Waals surface area contributed by atoms with Crippen molar-refractivity contribution in [3.05, 3.63) is 35.4 Å². The van der Waals surface area contributed by atoms with E-state index in [1.165, 1.54) is 31.7 Å². The zero-order chi connectivity index (χ0) is 17.8. The van der Waals surface area contributed by atoms with Crippen LogP contribution in [0.3, 0.4) is 0 Å². The lowest BCUT2D eigenvalue weighted by molar-refractivity contribution is 0.389. The fraction of sp³-hybridized carbons (Fsp3) is 0.611. The molecule has 0 spiro atoms. The van der Waals surface area contributed by atoms with Crippen molar-refractivity contribution in [2.75, 3.05) is 34.2 Å². The van der Waals surface area contributed by atoms with Gasteiger partial charge in [-0.2, -0.15) is 0 Å². The van der Waals surface area contributed by atoms with Crippen LogP contribution in [-0.4, -0.2) is 45.1 Å². The molecule has 24 heavy (non-hydrogen) atoms. The van der Waals surface area contributed by atoms with E-state index in [4.69, 9.17) is 0 Å². The summed E-state index contributed by atoms with van der Waals surface area (Å²) in [5.74, 6) is -0.256.